The van der Waals surface area contributed by atoms with E-state index in [0.717, 1.165) is 4.70 Å². The van der Waals surface area contributed by atoms with Crippen LogP contribution in [0.5, 0.6) is 11.5 Å². The average Bonchev–Trinajstić information content (AvgIpc) is 3.18. The summed E-state index contributed by atoms with van der Waals surface area (Å²) >= 11 is 1.26. The highest BCUT2D eigenvalue weighted by Gasteiger charge is 2.27. The van der Waals surface area contributed by atoms with Gasteiger partial charge in [-0.3, -0.25) is 9.69 Å². The van der Waals surface area contributed by atoms with E-state index in [1.165, 1.54) is 28.4 Å². The van der Waals surface area contributed by atoms with Crippen molar-refractivity contribution in [2.75, 3.05) is 52.1 Å². The summed E-state index contributed by atoms with van der Waals surface area (Å²) < 4.78 is 37.1. The van der Waals surface area contributed by atoms with Crippen molar-refractivity contribution in [2.24, 2.45) is 0 Å². The zero-order chi connectivity index (χ0) is 22.6. The lowest BCUT2D eigenvalue weighted by Gasteiger charge is -2.22. The minimum absolute atomic E-state index is 0.114. The molecule has 0 spiro atoms. The number of carbonyl (C=O) groups is 1. The normalized spacial score (nSPS) is 11.6. The Kier molecular flexibility index (Phi) is 7.14. The number of carbonyl (C=O) groups excluding carboxylic acids is 1. The van der Waals surface area contributed by atoms with Gasteiger partial charge in [0.15, 0.2) is 15.0 Å². The maximum Gasteiger partial charge on any atom is 0.244 e. The first-order valence-corrected chi connectivity index (χ1v) is 12.0. The second-order valence-corrected chi connectivity index (χ2v) is 10.0. The van der Waals surface area contributed by atoms with Gasteiger partial charge >= 0.3 is 0 Å². The van der Waals surface area contributed by atoms with Gasteiger partial charge < -0.3 is 14.4 Å². The molecule has 166 valence electrons. The quantitative estimate of drug-likeness (QED) is 0.482. The molecule has 0 fully saturated rings. The van der Waals surface area contributed by atoms with E-state index in [-0.39, 0.29) is 4.90 Å². The van der Waals surface area contributed by atoms with Crippen LogP contribution >= 0.6 is 11.3 Å². The van der Waals surface area contributed by atoms with Crippen molar-refractivity contribution in [3.05, 3.63) is 42.5 Å². The lowest BCUT2D eigenvalue weighted by atomic mass is 10.3. The first kappa shape index (κ1) is 23.0. The fourth-order valence-corrected chi connectivity index (χ4v) is 5.31. The minimum atomic E-state index is -3.78. The average molecular weight is 464 g/mol. The van der Waals surface area contributed by atoms with E-state index in [0.29, 0.717) is 35.2 Å². The molecular formula is C21H25N3O5S2. The van der Waals surface area contributed by atoms with Crippen molar-refractivity contribution < 1.29 is 22.7 Å². The fraction of sp³-hybridized carbons (Fsp3) is 0.333. The summed E-state index contributed by atoms with van der Waals surface area (Å²) in [7, 11) is 3.08. The Morgan fingerprint density at radius 2 is 1.65 bits per heavy atom. The van der Waals surface area contributed by atoms with Crippen LogP contribution in [0, 0.1) is 0 Å². The molecule has 3 rings (SSSR count). The van der Waals surface area contributed by atoms with Gasteiger partial charge in [-0.15, -0.1) is 0 Å². The molecule has 0 bridgehead atoms. The molecule has 3 aromatic rings. The van der Waals surface area contributed by atoms with E-state index < -0.39 is 21.5 Å². The molecule has 0 atom stereocenters. The molecule has 0 N–H and O–H groups in total. The number of amides is 1. The third kappa shape index (κ3) is 5.15. The molecule has 0 unspecified atom stereocenters. The lowest BCUT2D eigenvalue weighted by molar-refractivity contribution is -0.116. The van der Waals surface area contributed by atoms with E-state index in [9.17, 15) is 13.2 Å². The predicted molar refractivity (Wildman–Crippen MR) is 122 cm³/mol. The summed E-state index contributed by atoms with van der Waals surface area (Å²) in [5, 5.41) is 0.396. The molecule has 31 heavy (non-hydrogen) atoms. The number of ether oxygens (including phenoxy) is 2. The predicted octanol–water partition coefficient (Wildman–Crippen LogP) is 2.68. The Morgan fingerprint density at radius 3 is 2.26 bits per heavy atom. The fourth-order valence-electron chi connectivity index (χ4n) is 2.97. The van der Waals surface area contributed by atoms with Crippen LogP contribution in [0.15, 0.2) is 47.4 Å². The van der Waals surface area contributed by atoms with Crippen LogP contribution in [0.25, 0.3) is 10.2 Å². The number of hydrogen-bond acceptors (Lipinski definition) is 8. The summed E-state index contributed by atoms with van der Waals surface area (Å²) in [6, 6.07) is 11.5. The number of aromatic nitrogens is 1. The molecule has 0 aliphatic rings. The van der Waals surface area contributed by atoms with Crippen LogP contribution in [0.1, 0.15) is 0 Å². The van der Waals surface area contributed by atoms with Gasteiger partial charge in [-0.25, -0.2) is 13.4 Å². The number of methoxy groups -OCH3 is 2. The number of anilines is 1. The SMILES string of the molecule is COc1ccc(OC)c2sc(N(CCN(C)C)C(=O)CS(=O)(=O)c3ccccc3)nc12. The third-order valence-electron chi connectivity index (χ3n) is 4.62. The van der Waals surface area contributed by atoms with E-state index in [1.807, 2.05) is 19.0 Å². The minimum Gasteiger partial charge on any atom is -0.495 e. The van der Waals surface area contributed by atoms with Crippen LogP contribution in [-0.2, 0) is 14.6 Å². The van der Waals surface area contributed by atoms with Crippen LogP contribution in [0.3, 0.4) is 0 Å². The van der Waals surface area contributed by atoms with Crippen molar-refractivity contribution in [3.63, 3.8) is 0 Å². The largest absolute Gasteiger partial charge is 0.495 e. The number of thiazole rings is 1. The molecule has 0 aliphatic carbocycles. The Balaban J connectivity index is 2.00. The van der Waals surface area contributed by atoms with Gasteiger partial charge in [-0.05, 0) is 38.4 Å². The van der Waals surface area contributed by atoms with Gasteiger partial charge in [-0.2, -0.15) is 0 Å². The number of hydrogen-bond donors (Lipinski definition) is 0. The summed E-state index contributed by atoms with van der Waals surface area (Å²) in [6.07, 6.45) is 0. The lowest BCUT2D eigenvalue weighted by Crippen LogP contribution is -2.40. The molecular weight excluding hydrogens is 438 g/mol. The van der Waals surface area contributed by atoms with Crippen LogP contribution in [-0.4, -0.2) is 71.4 Å². The Morgan fingerprint density at radius 1 is 1.00 bits per heavy atom. The third-order valence-corrected chi connectivity index (χ3v) is 7.33. The molecule has 1 heterocycles. The molecule has 0 saturated heterocycles. The molecule has 10 heteroatoms. The van der Waals surface area contributed by atoms with Crippen molar-refractivity contribution in [2.45, 2.75) is 4.90 Å². The summed E-state index contributed by atoms with van der Waals surface area (Å²) in [4.78, 5) is 21.2. The van der Waals surface area contributed by atoms with Gasteiger partial charge in [0.1, 0.15) is 27.5 Å². The van der Waals surface area contributed by atoms with Gasteiger partial charge in [0.2, 0.25) is 5.91 Å². The van der Waals surface area contributed by atoms with Gasteiger partial charge in [0.25, 0.3) is 0 Å². The maximum absolute atomic E-state index is 13.2. The van der Waals surface area contributed by atoms with Gasteiger partial charge in [0.05, 0.1) is 19.1 Å². The number of nitrogens with zero attached hydrogens (tertiary/aromatic N) is 3. The summed E-state index contributed by atoms with van der Waals surface area (Å²) in [5.74, 6) is -0.0244. The number of sulfone groups is 1. The standard InChI is InChI=1S/C21H25N3O5S2/c1-23(2)12-13-24(18(25)14-31(26,27)15-8-6-5-7-9-15)21-22-19-16(28-3)10-11-17(29-4)20(19)30-21/h5-11H,12-14H2,1-4H3. The molecule has 0 aliphatic heterocycles. The number of likely N-dealkylation sites (N-methyl/N-ethyl adjacent to an activating group) is 1. The van der Waals surface area contributed by atoms with Crippen LogP contribution in [0.4, 0.5) is 5.13 Å². The van der Waals surface area contributed by atoms with Crippen molar-refractivity contribution >= 4 is 42.4 Å². The smallest absolute Gasteiger partial charge is 0.244 e. The first-order valence-electron chi connectivity index (χ1n) is 9.51. The highest BCUT2D eigenvalue weighted by atomic mass is 32.2. The molecule has 8 nitrogen and oxygen atoms in total. The topological polar surface area (TPSA) is 89.0 Å². The second kappa shape index (κ2) is 9.63. The van der Waals surface area contributed by atoms with Gasteiger partial charge in [-0.1, -0.05) is 29.5 Å². The molecule has 2 aromatic carbocycles. The molecule has 0 radical (unpaired) electrons. The number of rotatable bonds is 9. The highest BCUT2D eigenvalue weighted by molar-refractivity contribution is 7.92. The van der Waals surface area contributed by atoms with E-state index in [1.54, 1.807) is 44.6 Å². The monoisotopic (exact) mass is 463 g/mol. The van der Waals surface area contributed by atoms with Crippen molar-refractivity contribution in [3.8, 4) is 11.5 Å². The Labute approximate surface area is 185 Å². The van der Waals surface area contributed by atoms with Crippen LogP contribution < -0.4 is 14.4 Å². The molecule has 1 amide bonds. The Bertz CT molecular complexity index is 1120. The van der Waals surface area contributed by atoms with Gasteiger partial charge in [0, 0.05) is 13.1 Å². The number of fused-ring (bicyclic) bond motifs is 1. The van der Waals surface area contributed by atoms with E-state index in [4.69, 9.17) is 9.47 Å². The van der Waals surface area contributed by atoms with Crippen molar-refractivity contribution in [1.29, 1.82) is 0 Å². The number of benzene rings is 2. The molecule has 0 saturated carbocycles. The van der Waals surface area contributed by atoms with E-state index >= 15 is 0 Å². The second-order valence-electron chi connectivity index (χ2n) is 7.07. The Hall–Kier alpha value is -2.69. The first-order chi connectivity index (χ1) is 14.8. The summed E-state index contributed by atoms with van der Waals surface area (Å²) in [5.41, 5.74) is 0.565. The zero-order valence-electron chi connectivity index (χ0n) is 17.9. The highest BCUT2D eigenvalue weighted by Crippen LogP contribution is 2.40. The maximum atomic E-state index is 13.2. The summed E-state index contributed by atoms with van der Waals surface area (Å²) in [6.45, 7) is 0.835. The van der Waals surface area contributed by atoms with Crippen molar-refractivity contribution in [1.82, 2.24) is 9.88 Å². The van der Waals surface area contributed by atoms with E-state index in [2.05, 4.69) is 4.98 Å². The van der Waals surface area contributed by atoms with Crippen LogP contribution in [0.2, 0.25) is 0 Å². The zero-order valence-corrected chi connectivity index (χ0v) is 19.5. The molecule has 1 aromatic heterocycles.